The Morgan fingerprint density at radius 1 is 0.429 bits per heavy atom. The number of halogens is 1. The van der Waals surface area contributed by atoms with Gasteiger partial charge in [-0.2, -0.15) is 0 Å². The SMILES string of the molecule is CCCCCCCCCCCC[NH2+]CCCCCCC.[I-]. The summed E-state index contributed by atoms with van der Waals surface area (Å²) in [6.07, 6.45) is 21.7. The van der Waals surface area contributed by atoms with Crippen molar-refractivity contribution in [3.8, 4) is 0 Å². The Kier molecular flexibility index (Phi) is 26.2. The lowest BCUT2D eigenvalue weighted by Crippen LogP contribution is -3.00. The van der Waals surface area contributed by atoms with Gasteiger partial charge in [0, 0.05) is 0 Å². The van der Waals surface area contributed by atoms with Crippen LogP contribution in [0.1, 0.15) is 110 Å². The zero-order valence-electron chi connectivity index (χ0n) is 15.0. The van der Waals surface area contributed by atoms with Gasteiger partial charge < -0.3 is 29.3 Å². The van der Waals surface area contributed by atoms with Gasteiger partial charge in [0.05, 0.1) is 13.1 Å². The van der Waals surface area contributed by atoms with E-state index in [-0.39, 0.29) is 24.0 Å². The van der Waals surface area contributed by atoms with Gasteiger partial charge in [-0.3, -0.25) is 0 Å². The summed E-state index contributed by atoms with van der Waals surface area (Å²) in [4.78, 5) is 0. The van der Waals surface area contributed by atoms with Gasteiger partial charge in [-0.1, -0.05) is 84.5 Å². The third-order valence-corrected chi connectivity index (χ3v) is 4.27. The Morgan fingerprint density at radius 2 is 0.714 bits per heavy atom. The van der Waals surface area contributed by atoms with E-state index >= 15 is 0 Å². The van der Waals surface area contributed by atoms with Crippen LogP contribution in [0.5, 0.6) is 0 Å². The molecule has 0 aliphatic carbocycles. The molecule has 2 heteroatoms. The van der Waals surface area contributed by atoms with Crippen molar-refractivity contribution in [3.05, 3.63) is 0 Å². The van der Waals surface area contributed by atoms with Crippen LogP contribution >= 0.6 is 0 Å². The fourth-order valence-electron chi connectivity index (χ4n) is 2.81. The first-order valence-electron chi connectivity index (χ1n) is 9.73. The Hall–Kier alpha value is 0.690. The number of quaternary nitrogens is 1. The summed E-state index contributed by atoms with van der Waals surface area (Å²) in [5.41, 5.74) is 0. The highest BCUT2D eigenvalue weighted by Gasteiger charge is 1.95. The minimum absolute atomic E-state index is 0. The van der Waals surface area contributed by atoms with E-state index in [9.17, 15) is 0 Å². The van der Waals surface area contributed by atoms with E-state index in [1.54, 1.807) is 0 Å². The molecule has 0 saturated carbocycles. The van der Waals surface area contributed by atoms with Crippen LogP contribution in [0.25, 0.3) is 0 Å². The van der Waals surface area contributed by atoms with Gasteiger partial charge in [-0.05, 0) is 25.7 Å². The molecule has 0 fully saturated rings. The minimum Gasteiger partial charge on any atom is -1.00 e. The summed E-state index contributed by atoms with van der Waals surface area (Å²) < 4.78 is 0. The summed E-state index contributed by atoms with van der Waals surface area (Å²) >= 11 is 0. The molecule has 0 atom stereocenters. The Bertz CT molecular complexity index is 144. The number of hydrogen-bond donors (Lipinski definition) is 1. The van der Waals surface area contributed by atoms with Crippen molar-refractivity contribution in [3.63, 3.8) is 0 Å². The van der Waals surface area contributed by atoms with Gasteiger partial charge in [0.1, 0.15) is 0 Å². The van der Waals surface area contributed by atoms with Gasteiger partial charge in [0.25, 0.3) is 0 Å². The zero-order valence-corrected chi connectivity index (χ0v) is 17.1. The number of hydrogen-bond acceptors (Lipinski definition) is 0. The van der Waals surface area contributed by atoms with E-state index in [1.165, 1.54) is 109 Å². The van der Waals surface area contributed by atoms with E-state index in [1.807, 2.05) is 0 Å². The van der Waals surface area contributed by atoms with Gasteiger partial charge in [-0.25, -0.2) is 0 Å². The lowest BCUT2D eigenvalue weighted by molar-refractivity contribution is -0.655. The average molecular weight is 411 g/mol. The van der Waals surface area contributed by atoms with Crippen molar-refractivity contribution >= 4 is 0 Å². The summed E-state index contributed by atoms with van der Waals surface area (Å²) in [6, 6.07) is 0. The van der Waals surface area contributed by atoms with Gasteiger partial charge in [0.15, 0.2) is 0 Å². The third-order valence-electron chi connectivity index (χ3n) is 4.27. The largest absolute Gasteiger partial charge is 1.00 e. The van der Waals surface area contributed by atoms with Crippen LogP contribution in [-0.4, -0.2) is 13.1 Å². The van der Waals surface area contributed by atoms with Crippen LogP contribution in [0.3, 0.4) is 0 Å². The van der Waals surface area contributed by atoms with Crippen molar-refractivity contribution in [2.75, 3.05) is 13.1 Å². The predicted molar refractivity (Wildman–Crippen MR) is 92.3 cm³/mol. The monoisotopic (exact) mass is 411 g/mol. The molecular formula is C19H42IN. The van der Waals surface area contributed by atoms with Crippen molar-refractivity contribution in [1.29, 1.82) is 0 Å². The lowest BCUT2D eigenvalue weighted by atomic mass is 10.1. The van der Waals surface area contributed by atoms with E-state index in [0.29, 0.717) is 0 Å². The number of rotatable bonds is 17. The summed E-state index contributed by atoms with van der Waals surface area (Å²) in [5.74, 6) is 0. The Labute approximate surface area is 152 Å². The second-order valence-electron chi connectivity index (χ2n) is 6.46. The smallest absolute Gasteiger partial charge is 0.0755 e. The zero-order chi connectivity index (χ0) is 14.7. The van der Waals surface area contributed by atoms with Crippen LogP contribution in [-0.2, 0) is 0 Å². The molecule has 0 rings (SSSR count). The first-order chi connectivity index (χ1) is 9.91. The fraction of sp³-hybridized carbons (Fsp3) is 1.00. The van der Waals surface area contributed by atoms with E-state index in [2.05, 4.69) is 19.2 Å². The highest BCUT2D eigenvalue weighted by atomic mass is 127. The van der Waals surface area contributed by atoms with Crippen molar-refractivity contribution in [1.82, 2.24) is 0 Å². The van der Waals surface area contributed by atoms with Gasteiger partial charge >= 0.3 is 0 Å². The van der Waals surface area contributed by atoms with Gasteiger partial charge in [0.2, 0.25) is 0 Å². The quantitative estimate of drug-likeness (QED) is 0.280. The van der Waals surface area contributed by atoms with Crippen LogP contribution in [0.2, 0.25) is 0 Å². The molecule has 0 aliphatic heterocycles. The number of nitrogens with two attached hydrogens (primary N) is 1. The molecular weight excluding hydrogens is 369 g/mol. The Morgan fingerprint density at radius 3 is 1.05 bits per heavy atom. The maximum absolute atomic E-state index is 2.54. The molecule has 0 aromatic rings. The molecule has 21 heavy (non-hydrogen) atoms. The minimum atomic E-state index is 0. The van der Waals surface area contributed by atoms with Crippen LogP contribution in [0, 0.1) is 0 Å². The molecule has 0 spiro atoms. The molecule has 0 amide bonds. The highest BCUT2D eigenvalue weighted by Crippen LogP contribution is 2.09. The summed E-state index contributed by atoms with van der Waals surface area (Å²) in [7, 11) is 0. The Balaban J connectivity index is 0. The lowest BCUT2D eigenvalue weighted by Gasteiger charge is -2.03. The van der Waals surface area contributed by atoms with E-state index < -0.39 is 0 Å². The molecule has 0 radical (unpaired) electrons. The van der Waals surface area contributed by atoms with Crippen LogP contribution < -0.4 is 29.3 Å². The molecule has 0 saturated heterocycles. The molecule has 0 bridgehead atoms. The molecule has 2 N–H and O–H groups in total. The van der Waals surface area contributed by atoms with E-state index in [4.69, 9.17) is 0 Å². The molecule has 1 nitrogen and oxygen atoms in total. The maximum atomic E-state index is 2.54. The van der Waals surface area contributed by atoms with Crippen molar-refractivity contribution in [2.24, 2.45) is 0 Å². The number of unbranched alkanes of at least 4 members (excludes halogenated alkanes) is 13. The standard InChI is InChI=1S/C19H41N.HI/c1-3-5-7-9-10-11-12-13-15-17-19-20-18-16-14-8-6-4-2;/h20H,3-19H2,1-2H3;1H. The van der Waals surface area contributed by atoms with Crippen molar-refractivity contribution < 1.29 is 29.3 Å². The van der Waals surface area contributed by atoms with E-state index in [0.717, 1.165) is 0 Å². The molecule has 0 heterocycles. The average Bonchev–Trinajstić information content (AvgIpc) is 2.47. The fourth-order valence-corrected chi connectivity index (χ4v) is 2.81. The summed E-state index contributed by atoms with van der Waals surface area (Å²) in [5, 5.41) is 2.54. The normalized spacial score (nSPS) is 10.6. The second-order valence-corrected chi connectivity index (χ2v) is 6.46. The molecule has 0 unspecified atom stereocenters. The predicted octanol–water partition coefficient (Wildman–Crippen LogP) is 2.45. The maximum Gasteiger partial charge on any atom is 0.0755 e. The van der Waals surface area contributed by atoms with Crippen LogP contribution in [0.15, 0.2) is 0 Å². The highest BCUT2D eigenvalue weighted by molar-refractivity contribution is 4.47. The molecule has 0 aromatic carbocycles. The first-order valence-corrected chi connectivity index (χ1v) is 9.73. The molecule has 0 aliphatic rings. The van der Waals surface area contributed by atoms with Gasteiger partial charge in [-0.15, -0.1) is 0 Å². The topological polar surface area (TPSA) is 16.6 Å². The first kappa shape index (κ1) is 23.9. The second kappa shape index (κ2) is 23.0. The molecule has 130 valence electrons. The third kappa shape index (κ3) is 23.1. The summed E-state index contributed by atoms with van der Waals surface area (Å²) in [6.45, 7) is 7.31. The van der Waals surface area contributed by atoms with Crippen LogP contribution in [0.4, 0.5) is 0 Å². The van der Waals surface area contributed by atoms with Crippen molar-refractivity contribution in [2.45, 2.75) is 110 Å². The molecule has 0 aromatic heterocycles.